The third-order valence-electron chi connectivity index (χ3n) is 3.79. The lowest BCUT2D eigenvalue weighted by atomic mass is 10.1. The predicted octanol–water partition coefficient (Wildman–Crippen LogP) is 3.50. The van der Waals surface area contributed by atoms with Gasteiger partial charge in [0.1, 0.15) is 11.1 Å². The molecule has 0 amide bonds. The number of rotatable bonds is 2. The predicted molar refractivity (Wildman–Crippen MR) is 86.1 cm³/mol. The Hall–Kier alpha value is -2.88. The van der Waals surface area contributed by atoms with Crippen molar-refractivity contribution in [2.45, 2.75) is 13.5 Å². The van der Waals surface area contributed by atoms with E-state index < -0.39 is 0 Å². The topological polar surface area (TPSA) is 48.0 Å². The van der Waals surface area contributed by atoms with Crippen molar-refractivity contribution < 1.29 is 4.42 Å². The van der Waals surface area contributed by atoms with Crippen molar-refractivity contribution in [1.82, 2.24) is 9.55 Å². The first kappa shape index (κ1) is 12.8. The van der Waals surface area contributed by atoms with Crippen molar-refractivity contribution in [3.05, 3.63) is 76.3 Å². The quantitative estimate of drug-likeness (QED) is 0.567. The fraction of sp³-hybridized carbons (Fsp3) is 0.111. The Morgan fingerprint density at radius 1 is 1.14 bits per heavy atom. The van der Waals surface area contributed by atoms with E-state index in [0.29, 0.717) is 23.2 Å². The van der Waals surface area contributed by atoms with Crippen LogP contribution in [0.3, 0.4) is 0 Å². The Morgan fingerprint density at radius 3 is 2.86 bits per heavy atom. The molecule has 0 aliphatic rings. The van der Waals surface area contributed by atoms with Gasteiger partial charge in [-0.2, -0.15) is 0 Å². The van der Waals surface area contributed by atoms with Crippen molar-refractivity contribution in [3.63, 3.8) is 0 Å². The van der Waals surface area contributed by atoms with Gasteiger partial charge in [-0.05, 0) is 24.6 Å². The Morgan fingerprint density at radius 2 is 2.00 bits per heavy atom. The SMILES string of the molecule is Cc1cccc(Cn2cnc3c(oc4ccccc43)c2=O)c1. The zero-order valence-corrected chi connectivity index (χ0v) is 12.1. The number of aryl methyl sites for hydroxylation is 1. The minimum absolute atomic E-state index is 0.150. The molecular weight excluding hydrogens is 276 g/mol. The molecule has 0 atom stereocenters. The van der Waals surface area contributed by atoms with Gasteiger partial charge in [0.25, 0.3) is 5.56 Å². The Labute approximate surface area is 126 Å². The van der Waals surface area contributed by atoms with Gasteiger partial charge in [0, 0.05) is 5.39 Å². The molecule has 0 saturated carbocycles. The second kappa shape index (κ2) is 4.84. The summed E-state index contributed by atoms with van der Waals surface area (Å²) in [4.78, 5) is 17.0. The second-order valence-electron chi connectivity index (χ2n) is 5.44. The largest absolute Gasteiger partial charge is 0.448 e. The van der Waals surface area contributed by atoms with Crippen molar-refractivity contribution in [2.24, 2.45) is 0 Å². The third-order valence-corrected chi connectivity index (χ3v) is 3.79. The fourth-order valence-electron chi connectivity index (χ4n) is 2.74. The zero-order valence-electron chi connectivity index (χ0n) is 12.1. The van der Waals surface area contributed by atoms with Crippen LogP contribution in [0.25, 0.3) is 22.1 Å². The minimum Gasteiger partial charge on any atom is -0.448 e. The zero-order chi connectivity index (χ0) is 15.1. The van der Waals surface area contributed by atoms with E-state index >= 15 is 0 Å². The number of nitrogens with zero attached hydrogens (tertiary/aromatic N) is 2. The third kappa shape index (κ3) is 2.00. The molecule has 0 aliphatic carbocycles. The maximum atomic E-state index is 12.6. The average molecular weight is 290 g/mol. The van der Waals surface area contributed by atoms with Crippen LogP contribution in [-0.2, 0) is 6.54 Å². The van der Waals surface area contributed by atoms with Gasteiger partial charge in [0.05, 0.1) is 12.9 Å². The molecule has 2 aromatic heterocycles. The van der Waals surface area contributed by atoms with Crippen LogP contribution < -0.4 is 5.56 Å². The summed E-state index contributed by atoms with van der Waals surface area (Å²) in [7, 11) is 0. The number of furan rings is 1. The molecule has 0 fully saturated rings. The van der Waals surface area contributed by atoms with Gasteiger partial charge in [0.15, 0.2) is 0 Å². The molecule has 0 spiro atoms. The highest BCUT2D eigenvalue weighted by atomic mass is 16.3. The molecular formula is C18H14N2O2. The normalized spacial score (nSPS) is 11.3. The van der Waals surface area contributed by atoms with Crippen LogP contribution in [0.1, 0.15) is 11.1 Å². The van der Waals surface area contributed by atoms with E-state index in [-0.39, 0.29) is 5.56 Å². The molecule has 4 aromatic rings. The second-order valence-corrected chi connectivity index (χ2v) is 5.44. The summed E-state index contributed by atoms with van der Waals surface area (Å²) in [6, 6.07) is 15.7. The summed E-state index contributed by atoms with van der Waals surface area (Å²) in [5, 5.41) is 0.873. The molecule has 0 aliphatic heterocycles. The molecule has 2 heterocycles. The van der Waals surface area contributed by atoms with Crippen LogP contribution in [0.5, 0.6) is 0 Å². The highest BCUT2D eigenvalue weighted by Gasteiger charge is 2.12. The fourth-order valence-corrected chi connectivity index (χ4v) is 2.74. The molecule has 108 valence electrons. The Balaban J connectivity index is 1.87. The number of hydrogen-bond donors (Lipinski definition) is 0. The minimum atomic E-state index is -0.150. The molecule has 0 unspecified atom stereocenters. The van der Waals surface area contributed by atoms with Gasteiger partial charge in [0.2, 0.25) is 5.58 Å². The summed E-state index contributed by atoms with van der Waals surface area (Å²) >= 11 is 0. The number of benzene rings is 2. The smallest absolute Gasteiger partial charge is 0.297 e. The molecule has 0 radical (unpaired) electrons. The van der Waals surface area contributed by atoms with Crippen LogP contribution in [0.4, 0.5) is 0 Å². The monoisotopic (exact) mass is 290 g/mol. The van der Waals surface area contributed by atoms with Gasteiger partial charge in [-0.15, -0.1) is 0 Å². The van der Waals surface area contributed by atoms with Crippen molar-refractivity contribution in [2.75, 3.05) is 0 Å². The van der Waals surface area contributed by atoms with E-state index in [2.05, 4.69) is 11.1 Å². The summed E-state index contributed by atoms with van der Waals surface area (Å²) in [6.07, 6.45) is 1.59. The molecule has 4 heteroatoms. The van der Waals surface area contributed by atoms with Crippen molar-refractivity contribution in [1.29, 1.82) is 0 Å². The maximum absolute atomic E-state index is 12.6. The van der Waals surface area contributed by atoms with Crippen LogP contribution in [0.15, 0.2) is 64.1 Å². The van der Waals surface area contributed by atoms with Gasteiger partial charge < -0.3 is 4.42 Å². The number of hydrogen-bond acceptors (Lipinski definition) is 3. The van der Waals surface area contributed by atoms with Crippen LogP contribution in [0.2, 0.25) is 0 Å². The van der Waals surface area contributed by atoms with Crippen LogP contribution in [-0.4, -0.2) is 9.55 Å². The van der Waals surface area contributed by atoms with E-state index in [1.54, 1.807) is 10.9 Å². The lowest BCUT2D eigenvalue weighted by Gasteiger charge is -2.05. The summed E-state index contributed by atoms with van der Waals surface area (Å²) in [6.45, 7) is 2.52. The van der Waals surface area contributed by atoms with Gasteiger partial charge in [-0.3, -0.25) is 9.36 Å². The number of para-hydroxylation sites is 1. The standard InChI is InChI=1S/C18H14N2O2/c1-12-5-4-6-13(9-12)10-20-11-19-16-14-7-2-3-8-15(14)22-17(16)18(20)21/h2-9,11H,10H2,1H3. The maximum Gasteiger partial charge on any atom is 0.297 e. The van der Waals surface area contributed by atoms with E-state index in [9.17, 15) is 4.79 Å². The number of fused-ring (bicyclic) bond motifs is 3. The highest BCUT2D eigenvalue weighted by molar-refractivity contribution is 6.01. The first-order valence-corrected chi connectivity index (χ1v) is 7.14. The van der Waals surface area contributed by atoms with Gasteiger partial charge in [-0.25, -0.2) is 4.98 Å². The van der Waals surface area contributed by atoms with Gasteiger partial charge in [-0.1, -0.05) is 42.0 Å². The first-order valence-electron chi connectivity index (χ1n) is 7.14. The summed E-state index contributed by atoms with van der Waals surface area (Å²) < 4.78 is 7.27. The van der Waals surface area contributed by atoms with E-state index in [1.165, 1.54) is 5.56 Å². The Bertz CT molecular complexity index is 1040. The van der Waals surface area contributed by atoms with E-state index in [4.69, 9.17) is 4.42 Å². The average Bonchev–Trinajstić information content (AvgIpc) is 2.90. The first-order chi connectivity index (χ1) is 10.7. The lowest BCUT2D eigenvalue weighted by molar-refractivity contribution is 0.642. The van der Waals surface area contributed by atoms with Crippen molar-refractivity contribution in [3.8, 4) is 0 Å². The molecule has 0 saturated heterocycles. The van der Waals surface area contributed by atoms with Crippen LogP contribution in [0, 0.1) is 6.92 Å². The highest BCUT2D eigenvalue weighted by Crippen LogP contribution is 2.24. The van der Waals surface area contributed by atoms with Crippen molar-refractivity contribution >= 4 is 22.1 Å². The Kier molecular flexibility index (Phi) is 2.82. The molecule has 0 N–H and O–H groups in total. The molecule has 4 rings (SSSR count). The molecule has 4 nitrogen and oxygen atoms in total. The van der Waals surface area contributed by atoms with Gasteiger partial charge >= 0.3 is 0 Å². The summed E-state index contributed by atoms with van der Waals surface area (Å²) in [5.74, 6) is 0. The molecule has 0 bridgehead atoms. The van der Waals surface area contributed by atoms with E-state index in [0.717, 1.165) is 10.9 Å². The summed E-state index contributed by atoms with van der Waals surface area (Å²) in [5.41, 5.74) is 3.72. The van der Waals surface area contributed by atoms with Crippen LogP contribution >= 0.6 is 0 Å². The number of aromatic nitrogens is 2. The molecule has 22 heavy (non-hydrogen) atoms. The van der Waals surface area contributed by atoms with E-state index in [1.807, 2.05) is 49.4 Å². The lowest BCUT2D eigenvalue weighted by Crippen LogP contribution is -2.20. The molecule has 2 aromatic carbocycles.